The van der Waals surface area contributed by atoms with Gasteiger partial charge in [-0.05, 0) is 37.1 Å². The van der Waals surface area contributed by atoms with Gasteiger partial charge in [-0.1, -0.05) is 24.3 Å². The van der Waals surface area contributed by atoms with E-state index in [1.807, 2.05) is 40.5 Å². The van der Waals surface area contributed by atoms with Crippen LogP contribution < -0.4 is 20.9 Å². The number of aliphatic carboxylic acids is 1. The molecule has 190 valence electrons. The van der Waals surface area contributed by atoms with Crippen molar-refractivity contribution in [3.63, 3.8) is 0 Å². The second-order valence-electron chi connectivity index (χ2n) is 8.59. The highest BCUT2D eigenvalue weighted by atomic mass is 19.1. The maximum absolute atomic E-state index is 13.8. The van der Waals surface area contributed by atoms with Crippen molar-refractivity contribution in [2.24, 2.45) is 0 Å². The number of halogens is 2. The van der Waals surface area contributed by atoms with Crippen molar-refractivity contribution in [2.45, 2.75) is 24.4 Å². The minimum Gasteiger partial charge on any atom is -0.480 e. The smallest absolute Gasteiger partial charge is 0.328 e. The molecule has 0 radical (unpaired) electrons. The number of carbonyl (C=O) groups is 4. The lowest BCUT2D eigenvalue weighted by atomic mass is 9.85. The van der Waals surface area contributed by atoms with Gasteiger partial charge in [0.2, 0.25) is 5.91 Å². The summed E-state index contributed by atoms with van der Waals surface area (Å²) in [5.41, 5.74) is -0.811. The summed E-state index contributed by atoms with van der Waals surface area (Å²) in [5, 5.41) is 16.8. The highest BCUT2D eigenvalue weighted by Gasteiger charge is 2.50. The van der Waals surface area contributed by atoms with Gasteiger partial charge in [-0.3, -0.25) is 9.59 Å². The number of urea groups is 1. The molecule has 2 fully saturated rings. The summed E-state index contributed by atoms with van der Waals surface area (Å²) in [6.45, 7) is 0.339. The second kappa shape index (κ2) is 10.2. The summed E-state index contributed by atoms with van der Waals surface area (Å²) in [6, 6.07) is 10.1. The number of carbonyl (C=O) groups excluding carboxylic acids is 3. The predicted molar refractivity (Wildman–Crippen MR) is 124 cm³/mol. The molecule has 36 heavy (non-hydrogen) atoms. The van der Waals surface area contributed by atoms with Crippen LogP contribution in [0.15, 0.2) is 48.5 Å². The Morgan fingerprint density at radius 2 is 1.67 bits per heavy atom. The average molecular weight is 501 g/mol. The Hall–Kier alpha value is -4.22. The molecule has 0 bridgehead atoms. The molecule has 12 heteroatoms. The molecule has 1 spiro atoms. The van der Waals surface area contributed by atoms with Gasteiger partial charge in [-0.15, -0.1) is 0 Å². The Bertz CT molecular complexity index is 1150. The fraction of sp³-hybridized carbons (Fsp3) is 0.333. The highest BCUT2D eigenvalue weighted by molar-refractivity contribution is 5.97. The largest absolute Gasteiger partial charge is 0.480 e. The molecule has 2 aliphatic heterocycles. The number of benzene rings is 2. The number of nitrogens with one attached hydrogen (secondary N) is 3. The van der Waals surface area contributed by atoms with Gasteiger partial charge in [-0.25, -0.2) is 18.4 Å². The summed E-state index contributed by atoms with van der Waals surface area (Å²) < 4.78 is 27.7. The minimum atomic E-state index is -1.62. The predicted octanol–water partition coefficient (Wildman–Crippen LogP) is 1.29. The van der Waals surface area contributed by atoms with Crippen LogP contribution in [0, 0.1) is 11.6 Å². The zero-order valence-corrected chi connectivity index (χ0v) is 19.2. The van der Waals surface area contributed by atoms with E-state index in [1.54, 1.807) is 0 Å². The van der Waals surface area contributed by atoms with E-state index in [9.17, 15) is 33.1 Å². The van der Waals surface area contributed by atoms with Crippen molar-refractivity contribution >= 4 is 29.5 Å². The van der Waals surface area contributed by atoms with Gasteiger partial charge in [0.25, 0.3) is 5.91 Å². The van der Waals surface area contributed by atoms with Crippen molar-refractivity contribution in [3.8, 4) is 0 Å². The number of nitrogens with zero attached hydrogens (tertiary/aromatic N) is 2. The minimum absolute atomic E-state index is 0.111. The molecule has 2 heterocycles. The molecule has 1 unspecified atom stereocenters. The van der Waals surface area contributed by atoms with Gasteiger partial charge < -0.3 is 30.9 Å². The van der Waals surface area contributed by atoms with E-state index in [1.165, 1.54) is 4.90 Å². The Labute approximate surface area is 205 Å². The maximum Gasteiger partial charge on any atom is 0.328 e. The zero-order chi connectivity index (χ0) is 25.9. The molecule has 2 aromatic carbocycles. The van der Waals surface area contributed by atoms with Crippen LogP contribution >= 0.6 is 0 Å². The number of rotatable bonds is 6. The first-order valence-corrected chi connectivity index (χ1v) is 11.3. The first kappa shape index (κ1) is 24.9. The SMILES string of the molecule is O=C(NC(CNC(=O)N1CCC2(CC1)C(=O)NCN2c1ccccc1)C(=O)O)c1c(F)cccc1F. The lowest BCUT2D eigenvalue weighted by molar-refractivity contribution is -0.139. The van der Waals surface area contributed by atoms with Crippen molar-refractivity contribution in [2.75, 3.05) is 31.2 Å². The molecule has 2 aromatic rings. The topological polar surface area (TPSA) is 131 Å². The lowest BCUT2D eigenvalue weighted by Crippen LogP contribution is -2.59. The molecular weight excluding hydrogens is 476 g/mol. The van der Waals surface area contributed by atoms with Crippen LogP contribution in [-0.2, 0) is 9.59 Å². The standard InChI is InChI=1S/C24H25F2N5O5/c25-16-7-4-8-17(26)19(16)20(32)29-18(21(33)34)13-27-23(36)30-11-9-24(10-12-30)22(35)28-14-31(24)15-5-2-1-3-6-15/h1-8,18H,9-14H2,(H,27,36)(H,28,35)(H,29,32)(H,33,34). The fourth-order valence-corrected chi connectivity index (χ4v) is 4.56. The average Bonchev–Trinajstić information content (AvgIpc) is 3.17. The maximum atomic E-state index is 13.8. The molecular formula is C24H25F2N5O5. The van der Waals surface area contributed by atoms with Crippen LogP contribution in [0.4, 0.5) is 19.3 Å². The van der Waals surface area contributed by atoms with E-state index >= 15 is 0 Å². The Balaban J connectivity index is 1.35. The first-order valence-electron chi connectivity index (χ1n) is 11.3. The first-order chi connectivity index (χ1) is 17.2. The summed E-state index contributed by atoms with van der Waals surface area (Å²) in [6.07, 6.45) is 0.736. The van der Waals surface area contributed by atoms with Crippen LogP contribution in [0.3, 0.4) is 0 Å². The van der Waals surface area contributed by atoms with Gasteiger partial charge in [0, 0.05) is 18.8 Å². The van der Waals surface area contributed by atoms with Gasteiger partial charge in [0.05, 0.1) is 13.2 Å². The van der Waals surface area contributed by atoms with Crippen molar-refractivity contribution in [1.29, 1.82) is 0 Å². The van der Waals surface area contributed by atoms with Gasteiger partial charge in [-0.2, -0.15) is 0 Å². The van der Waals surface area contributed by atoms with Crippen LogP contribution in [-0.4, -0.2) is 71.7 Å². The van der Waals surface area contributed by atoms with E-state index in [4.69, 9.17) is 0 Å². The third kappa shape index (κ3) is 4.79. The molecule has 4 amide bonds. The summed E-state index contributed by atoms with van der Waals surface area (Å²) in [5.74, 6) is -5.12. The summed E-state index contributed by atoms with van der Waals surface area (Å²) in [4.78, 5) is 52.7. The van der Waals surface area contributed by atoms with Crippen LogP contribution in [0.1, 0.15) is 23.2 Å². The second-order valence-corrected chi connectivity index (χ2v) is 8.59. The van der Waals surface area contributed by atoms with Crippen LogP contribution in [0.2, 0.25) is 0 Å². The van der Waals surface area contributed by atoms with E-state index < -0.39 is 53.2 Å². The molecule has 4 N–H and O–H groups in total. The van der Waals surface area contributed by atoms with Crippen molar-refractivity contribution in [3.05, 3.63) is 65.7 Å². The van der Waals surface area contributed by atoms with E-state index in [0.29, 0.717) is 19.5 Å². The van der Waals surface area contributed by atoms with Gasteiger partial charge in [0.1, 0.15) is 28.8 Å². The Kier molecular flexibility index (Phi) is 7.04. The van der Waals surface area contributed by atoms with E-state index in [-0.39, 0.29) is 19.0 Å². The number of carboxylic acids is 1. The molecule has 2 saturated heterocycles. The molecule has 0 saturated carbocycles. The highest BCUT2D eigenvalue weighted by Crippen LogP contribution is 2.36. The molecule has 4 rings (SSSR count). The number of carboxylic acid groups (broad SMARTS) is 1. The molecule has 0 aromatic heterocycles. The van der Waals surface area contributed by atoms with Crippen LogP contribution in [0.25, 0.3) is 0 Å². The quantitative estimate of drug-likeness (QED) is 0.472. The van der Waals surface area contributed by atoms with Gasteiger partial charge >= 0.3 is 12.0 Å². The monoisotopic (exact) mass is 501 g/mol. The fourth-order valence-electron chi connectivity index (χ4n) is 4.56. The number of amides is 4. The molecule has 10 nitrogen and oxygen atoms in total. The number of para-hydroxylation sites is 1. The zero-order valence-electron chi connectivity index (χ0n) is 19.2. The number of likely N-dealkylation sites (tertiary alicyclic amines) is 1. The molecule has 0 aliphatic carbocycles. The Morgan fingerprint density at radius 3 is 2.28 bits per heavy atom. The third-order valence-electron chi connectivity index (χ3n) is 6.53. The molecule has 2 aliphatic rings. The van der Waals surface area contributed by atoms with Crippen molar-refractivity contribution < 1.29 is 33.1 Å². The lowest BCUT2D eigenvalue weighted by Gasteiger charge is -2.43. The van der Waals surface area contributed by atoms with Crippen LogP contribution in [0.5, 0.6) is 0 Å². The number of hydrogen-bond acceptors (Lipinski definition) is 5. The third-order valence-corrected chi connectivity index (χ3v) is 6.53. The number of piperidine rings is 1. The van der Waals surface area contributed by atoms with E-state index in [0.717, 1.165) is 23.9 Å². The number of hydrogen-bond donors (Lipinski definition) is 4. The van der Waals surface area contributed by atoms with Gasteiger partial charge in [0.15, 0.2) is 0 Å². The normalized spacial score (nSPS) is 17.4. The summed E-state index contributed by atoms with van der Waals surface area (Å²) >= 11 is 0. The number of anilines is 1. The van der Waals surface area contributed by atoms with Crippen molar-refractivity contribution in [1.82, 2.24) is 20.9 Å². The van der Waals surface area contributed by atoms with E-state index in [2.05, 4.69) is 10.6 Å². The molecule has 1 atom stereocenters. The Morgan fingerprint density at radius 1 is 1.03 bits per heavy atom. The summed E-state index contributed by atoms with van der Waals surface area (Å²) in [7, 11) is 0.